The second kappa shape index (κ2) is 9.49. The SMILES string of the molecule is c1ccc2cc3c(ccc4c3nc3c5sc6ccccc6c5cc(-c5ccc(-c6cccc7c6sc6ccccc67)cc5)n43)cc2c1. The summed E-state index contributed by atoms with van der Waals surface area (Å²) >= 11 is 3.72. The van der Waals surface area contributed by atoms with Gasteiger partial charge in [0.05, 0.1) is 21.4 Å². The van der Waals surface area contributed by atoms with Crippen LogP contribution in [0, 0.1) is 0 Å². The predicted molar refractivity (Wildman–Crippen MR) is 204 cm³/mol. The molecule has 0 unspecified atom stereocenters. The molecule has 0 aliphatic carbocycles. The molecule has 0 bridgehead atoms. The molecule has 0 spiro atoms. The van der Waals surface area contributed by atoms with Crippen molar-refractivity contribution in [1.29, 1.82) is 0 Å². The summed E-state index contributed by atoms with van der Waals surface area (Å²) in [6.07, 6.45) is 0. The smallest absolute Gasteiger partial charge is 0.156 e. The van der Waals surface area contributed by atoms with Crippen molar-refractivity contribution >= 4 is 101 Å². The monoisotopic (exact) mass is 632 g/mol. The van der Waals surface area contributed by atoms with Gasteiger partial charge in [-0.2, -0.15) is 0 Å². The van der Waals surface area contributed by atoms with Crippen molar-refractivity contribution < 1.29 is 0 Å². The molecule has 4 heteroatoms. The van der Waals surface area contributed by atoms with Gasteiger partial charge in [-0.1, -0.05) is 109 Å². The Balaban J connectivity index is 1.18. The molecule has 11 rings (SSSR count). The molecular formula is C43H24N2S2. The van der Waals surface area contributed by atoms with E-state index in [0.29, 0.717) is 0 Å². The Morgan fingerprint density at radius 3 is 1.91 bits per heavy atom. The molecule has 2 nitrogen and oxygen atoms in total. The highest BCUT2D eigenvalue weighted by Gasteiger charge is 2.19. The average Bonchev–Trinajstić information content (AvgIpc) is 3.82. The summed E-state index contributed by atoms with van der Waals surface area (Å²) in [6.45, 7) is 0. The number of fused-ring (bicyclic) bond motifs is 13. The molecule has 0 atom stereocenters. The summed E-state index contributed by atoms with van der Waals surface area (Å²) in [5, 5.41) is 10.1. The lowest BCUT2D eigenvalue weighted by atomic mass is 10.00. The van der Waals surface area contributed by atoms with Crippen LogP contribution in [0.5, 0.6) is 0 Å². The molecule has 0 amide bonds. The van der Waals surface area contributed by atoms with Crippen molar-refractivity contribution in [2.24, 2.45) is 0 Å². The first-order valence-electron chi connectivity index (χ1n) is 15.9. The number of benzene rings is 7. The third-order valence-electron chi connectivity index (χ3n) is 9.76. The van der Waals surface area contributed by atoms with E-state index in [1.807, 2.05) is 22.7 Å². The lowest BCUT2D eigenvalue weighted by Gasteiger charge is -2.11. The second-order valence-electron chi connectivity index (χ2n) is 12.4. The van der Waals surface area contributed by atoms with Gasteiger partial charge in [0.2, 0.25) is 0 Å². The Hall–Kier alpha value is -5.55. The summed E-state index contributed by atoms with van der Waals surface area (Å²) in [6, 6.07) is 53.4. The van der Waals surface area contributed by atoms with E-state index < -0.39 is 0 Å². The molecule has 0 saturated carbocycles. The largest absolute Gasteiger partial charge is 0.291 e. The summed E-state index contributed by atoms with van der Waals surface area (Å²) < 4.78 is 7.58. The zero-order chi connectivity index (χ0) is 30.6. The van der Waals surface area contributed by atoms with Gasteiger partial charge < -0.3 is 0 Å². The van der Waals surface area contributed by atoms with Crippen LogP contribution in [-0.2, 0) is 0 Å². The van der Waals surface area contributed by atoms with Crippen LogP contribution < -0.4 is 0 Å². The number of nitrogens with zero attached hydrogens (tertiary/aromatic N) is 2. The van der Waals surface area contributed by atoms with Crippen molar-refractivity contribution in [2.75, 3.05) is 0 Å². The summed E-state index contributed by atoms with van der Waals surface area (Å²) in [5.41, 5.74) is 8.06. The standard InChI is InChI=1S/C43H24N2S2/c1-2-9-28-23-34-29(22-27(28)8-1)20-21-36-40(34)44-43-42-35(32-11-4-6-15-39(32)47-42)24-37(45(36)43)26-18-16-25(17-19-26)30-12-7-13-33-31-10-3-5-14-38(31)46-41(30)33/h1-24H. The van der Waals surface area contributed by atoms with Crippen molar-refractivity contribution in [3.8, 4) is 22.4 Å². The maximum absolute atomic E-state index is 5.45. The maximum Gasteiger partial charge on any atom is 0.156 e. The first-order valence-corrected chi connectivity index (χ1v) is 17.5. The van der Waals surface area contributed by atoms with Crippen LogP contribution in [0.4, 0.5) is 0 Å². The van der Waals surface area contributed by atoms with E-state index in [-0.39, 0.29) is 0 Å². The highest BCUT2D eigenvalue weighted by molar-refractivity contribution is 7.26. The second-order valence-corrected chi connectivity index (χ2v) is 14.5. The minimum atomic E-state index is 1.02. The zero-order valence-corrected chi connectivity index (χ0v) is 26.7. The first kappa shape index (κ1) is 25.6. The first-order chi connectivity index (χ1) is 23.3. The Morgan fingerprint density at radius 1 is 0.447 bits per heavy atom. The van der Waals surface area contributed by atoms with Crippen LogP contribution in [0.15, 0.2) is 146 Å². The molecule has 0 N–H and O–H groups in total. The predicted octanol–water partition coefficient (Wildman–Crippen LogP) is 12.9. The summed E-state index contributed by atoms with van der Waals surface area (Å²) in [5.74, 6) is 0. The quantitative estimate of drug-likeness (QED) is 0.173. The van der Waals surface area contributed by atoms with Crippen LogP contribution >= 0.6 is 22.7 Å². The van der Waals surface area contributed by atoms with Crippen LogP contribution in [0.1, 0.15) is 0 Å². The summed E-state index contributed by atoms with van der Waals surface area (Å²) in [4.78, 5) is 5.45. The van der Waals surface area contributed by atoms with Gasteiger partial charge in [-0.3, -0.25) is 4.40 Å². The molecule has 0 aliphatic heterocycles. The molecule has 4 aromatic heterocycles. The molecule has 47 heavy (non-hydrogen) atoms. The number of aromatic nitrogens is 2. The van der Waals surface area contributed by atoms with Gasteiger partial charge in [0.1, 0.15) is 0 Å². The molecule has 7 aromatic carbocycles. The molecule has 0 radical (unpaired) electrons. The lowest BCUT2D eigenvalue weighted by molar-refractivity contribution is 1.25. The van der Waals surface area contributed by atoms with Crippen molar-refractivity contribution in [2.45, 2.75) is 0 Å². The number of hydrogen-bond donors (Lipinski definition) is 0. The number of hydrogen-bond acceptors (Lipinski definition) is 3. The minimum absolute atomic E-state index is 1.02. The minimum Gasteiger partial charge on any atom is -0.291 e. The van der Waals surface area contributed by atoms with Crippen LogP contribution in [0.2, 0.25) is 0 Å². The van der Waals surface area contributed by atoms with Gasteiger partial charge in [0.25, 0.3) is 0 Å². The van der Waals surface area contributed by atoms with E-state index in [9.17, 15) is 0 Å². The number of pyridine rings is 1. The van der Waals surface area contributed by atoms with Crippen molar-refractivity contribution in [1.82, 2.24) is 9.38 Å². The molecule has 218 valence electrons. The Morgan fingerprint density at radius 2 is 1.11 bits per heavy atom. The fraction of sp³-hybridized carbons (Fsp3) is 0. The normalized spacial score (nSPS) is 12.3. The van der Waals surface area contributed by atoms with E-state index in [1.165, 1.54) is 78.6 Å². The maximum atomic E-state index is 5.45. The lowest BCUT2D eigenvalue weighted by Crippen LogP contribution is -1.93. The number of imidazole rings is 1. The Labute approximate surface area is 277 Å². The van der Waals surface area contributed by atoms with E-state index in [0.717, 1.165) is 22.4 Å². The highest BCUT2D eigenvalue weighted by Crippen LogP contribution is 2.43. The Bertz CT molecular complexity index is 3070. The third kappa shape index (κ3) is 3.62. The van der Waals surface area contributed by atoms with E-state index in [4.69, 9.17) is 4.98 Å². The van der Waals surface area contributed by atoms with E-state index in [1.54, 1.807) is 0 Å². The molecular weight excluding hydrogens is 609 g/mol. The number of thiophene rings is 2. The highest BCUT2D eigenvalue weighted by atomic mass is 32.1. The fourth-order valence-electron chi connectivity index (χ4n) is 7.53. The summed E-state index contributed by atoms with van der Waals surface area (Å²) in [7, 11) is 0. The zero-order valence-electron chi connectivity index (χ0n) is 25.1. The van der Waals surface area contributed by atoms with Gasteiger partial charge in [-0.25, -0.2) is 4.98 Å². The van der Waals surface area contributed by atoms with Crippen LogP contribution in [-0.4, -0.2) is 9.38 Å². The van der Waals surface area contributed by atoms with Gasteiger partial charge in [0.15, 0.2) is 5.65 Å². The van der Waals surface area contributed by atoms with Gasteiger partial charge in [-0.05, 0) is 69.2 Å². The topological polar surface area (TPSA) is 17.3 Å². The third-order valence-corrected chi connectivity index (χ3v) is 12.2. The van der Waals surface area contributed by atoms with Crippen molar-refractivity contribution in [3.63, 3.8) is 0 Å². The fourth-order valence-corrected chi connectivity index (χ4v) is 9.93. The van der Waals surface area contributed by atoms with E-state index >= 15 is 0 Å². The Kier molecular flexibility index (Phi) is 5.17. The van der Waals surface area contributed by atoms with Crippen LogP contribution in [0.25, 0.3) is 101 Å². The van der Waals surface area contributed by atoms with Gasteiger partial charge in [0, 0.05) is 41.0 Å². The molecule has 0 aliphatic rings. The molecule has 0 fully saturated rings. The number of rotatable bonds is 2. The van der Waals surface area contributed by atoms with Crippen molar-refractivity contribution in [3.05, 3.63) is 146 Å². The van der Waals surface area contributed by atoms with Gasteiger partial charge in [-0.15, -0.1) is 22.7 Å². The molecule has 4 heterocycles. The average molecular weight is 633 g/mol. The van der Waals surface area contributed by atoms with Gasteiger partial charge >= 0.3 is 0 Å². The molecule has 0 saturated heterocycles. The van der Waals surface area contributed by atoms with E-state index in [2.05, 4.69) is 150 Å². The molecule has 11 aromatic rings. The van der Waals surface area contributed by atoms with Crippen LogP contribution in [0.3, 0.4) is 0 Å².